The second-order valence-electron chi connectivity index (χ2n) is 2.52. The number of carbonyl (C=O) groups is 2. The number of benzene rings is 1. The van der Waals surface area contributed by atoms with Crippen LogP contribution in [-0.2, 0) is 4.79 Å². The van der Waals surface area contributed by atoms with Crippen LogP contribution in [0.3, 0.4) is 0 Å². The van der Waals surface area contributed by atoms with Gasteiger partial charge in [0.2, 0.25) is 0 Å². The fourth-order valence-electron chi connectivity index (χ4n) is 0.878. The average Bonchev–Trinajstić information content (AvgIpc) is 2.16. The van der Waals surface area contributed by atoms with Gasteiger partial charge in [-0.05, 0) is 12.1 Å². The van der Waals surface area contributed by atoms with Crippen LogP contribution in [0.1, 0.15) is 10.4 Å². The third-order valence-corrected chi connectivity index (χ3v) is 2.24. The second-order valence-corrected chi connectivity index (χ2v) is 3.38. The highest BCUT2D eigenvalue weighted by atomic mass is 79.9. The molecule has 0 unspecified atom stereocenters. The fraction of sp³-hybridized carbons (Fsp3) is 0. The van der Waals surface area contributed by atoms with Gasteiger partial charge in [-0.2, -0.15) is 0 Å². The van der Waals surface area contributed by atoms with E-state index in [1.807, 2.05) is 0 Å². The predicted octanol–water partition coefficient (Wildman–Crippen LogP) is 0.208. The first-order valence-corrected chi connectivity index (χ1v) is 4.46. The molecule has 0 aromatic heterocycles. The fourth-order valence-corrected chi connectivity index (χ4v) is 1.34. The number of hydrogen-bond acceptors (Lipinski definition) is 4. The molecule has 0 bridgehead atoms. The van der Waals surface area contributed by atoms with Crippen molar-refractivity contribution in [3.63, 3.8) is 0 Å². The molecular weight excluding hydrogens is 250 g/mol. The molecule has 0 spiro atoms. The Kier molecular flexibility index (Phi) is 3.34. The van der Waals surface area contributed by atoms with Crippen molar-refractivity contribution < 1.29 is 9.59 Å². The first-order valence-electron chi connectivity index (χ1n) is 3.66. The number of amides is 1. The Morgan fingerprint density at radius 2 is 1.79 bits per heavy atom. The van der Waals surface area contributed by atoms with Gasteiger partial charge >= 0.3 is 5.91 Å². The molecule has 0 atom stereocenters. The highest BCUT2D eigenvalue weighted by Gasteiger charge is 2.20. The summed E-state index contributed by atoms with van der Waals surface area (Å²) in [5, 5.41) is 0.266. The van der Waals surface area contributed by atoms with E-state index >= 15 is 0 Å². The molecular formula is C8H8BrN3O2. The van der Waals surface area contributed by atoms with Crippen LogP contribution in [-0.4, -0.2) is 16.8 Å². The lowest BCUT2D eigenvalue weighted by molar-refractivity contribution is -0.127. The maximum Gasteiger partial charge on any atom is 0.323 e. The average molecular weight is 258 g/mol. The number of nitrogens with two attached hydrogens (primary N) is 2. The third kappa shape index (κ3) is 2.16. The molecule has 0 aliphatic heterocycles. The minimum absolute atomic E-state index is 0.235. The van der Waals surface area contributed by atoms with Crippen molar-refractivity contribution in [2.45, 2.75) is 0 Å². The van der Waals surface area contributed by atoms with Gasteiger partial charge in [0.05, 0.1) is 0 Å². The molecule has 1 amide bonds. The van der Waals surface area contributed by atoms with Crippen molar-refractivity contribution in [1.82, 2.24) is 5.12 Å². The zero-order valence-electron chi connectivity index (χ0n) is 7.11. The zero-order chi connectivity index (χ0) is 10.7. The third-order valence-electron chi connectivity index (χ3n) is 1.55. The molecule has 74 valence electrons. The minimum atomic E-state index is -0.961. The number of hydrogen-bond donors (Lipinski definition) is 2. The minimum Gasteiger partial charge on any atom is -0.283 e. The number of ketones is 1. The molecule has 0 saturated heterocycles. The number of hydrazine groups is 2. The summed E-state index contributed by atoms with van der Waals surface area (Å²) < 4.78 is 0.528. The van der Waals surface area contributed by atoms with Gasteiger partial charge in [0.1, 0.15) is 0 Å². The molecule has 0 saturated carbocycles. The van der Waals surface area contributed by atoms with Crippen molar-refractivity contribution in [3.8, 4) is 0 Å². The van der Waals surface area contributed by atoms with Crippen LogP contribution in [0.25, 0.3) is 0 Å². The quantitative estimate of drug-likeness (QED) is 0.261. The van der Waals surface area contributed by atoms with Crippen molar-refractivity contribution in [3.05, 3.63) is 34.3 Å². The van der Waals surface area contributed by atoms with Gasteiger partial charge in [0.15, 0.2) is 0 Å². The molecule has 0 heterocycles. The van der Waals surface area contributed by atoms with Crippen LogP contribution in [0, 0.1) is 0 Å². The highest BCUT2D eigenvalue weighted by molar-refractivity contribution is 9.10. The Morgan fingerprint density at radius 1 is 1.21 bits per heavy atom. The lowest BCUT2D eigenvalue weighted by Gasteiger charge is -2.08. The van der Waals surface area contributed by atoms with E-state index in [4.69, 9.17) is 11.7 Å². The van der Waals surface area contributed by atoms with E-state index in [0.717, 1.165) is 0 Å². The van der Waals surface area contributed by atoms with E-state index in [2.05, 4.69) is 15.9 Å². The summed E-state index contributed by atoms with van der Waals surface area (Å²) in [6.45, 7) is 0. The molecule has 1 aromatic rings. The van der Waals surface area contributed by atoms with Gasteiger partial charge in [-0.1, -0.05) is 28.1 Å². The molecule has 4 N–H and O–H groups in total. The molecule has 5 nitrogen and oxygen atoms in total. The zero-order valence-corrected chi connectivity index (χ0v) is 8.69. The maximum atomic E-state index is 11.4. The van der Waals surface area contributed by atoms with E-state index < -0.39 is 11.7 Å². The Labute approximate surface area is 88.7 Å². The van der Waals surface area contributed by atoms with E-state index in [-0.39, 0.29) is 10.7 Å². The second kappa shape index (κ2) is 4.32. The Balaban J connectivity index is 3.02. The van der Waals surface area contributed by atoms with Crippen LogP contribution in [0.2, 0.25) is 0 Å². The topological polar surface area (TPSA) is 89.4 Å². The molecule has 14 heavy (non-hydrogen) atoms. The van der Waals surface area contributed by atoms with Gasteiger partial charge < -0.3 is 0 Å². The normalized spacial score (nSPS) is 9.64. The largest absolute Gasteiger partial charge is 0.323 e. The van der Waals surface area contributed by atoms with Crippen molar-refractivity contribution >= 4 is 27.6 Å². The Bertz CT molecular complexity index is 379. The first-order chi connectivity index (χ1) is 6.54. The summed E-state index contributed by atoms with van der Waals surface area (Å²) in [7, 11) is 0. The van der Waals surface area contributed by atoms with Gasteiger partial charge in [0.25, 0.3) is 5.78 Å². The summed E-state index contributed by atoms with van der Waals surface area (Å²) in [6, 6.07) is 6.53. The van der Waals surface area contributed by atoms with Crippen LogP contribution in [0.4, 0.5) is 0 Å². The summed E-state index contributed by atoms with van der Waals surface area (Å²) in [5.74, 6) is 8.19. The monoisotopic (exact) mass is 257 g/mol. The highest BCUT2D eigenvalue weighted by Crippen LogP contribution is 2.16. The van der Waals surface area contributed by atoms with E-state index in [0.29, 0.717) is 4.47 Å². The van der Waals surface area contributed by atoms with E-state index in [9.17, 15) is 9.59 Å². The number of halogens is 1. The standard InChI is InChI=1S/C8H8BrN3O2/c9-6-4-2-1-3-5(6)7(13)8(14)12(10)11/h1-4H,10-11H2. The molecule has 0 radical (unpaired) electrons. The van der Waals surface area contributed by atoms with Gasteiger partial charge in [-0.25, -0.2) is 16.8 Å². The van der Waals surface area contributed by atoms with Crippen LogP contribution >= 0.6 is 15.9 Å². The SMILES string of the molecule is NN(N)C(=O)C(=O)c1ccccc1Br. The van der Waals surface area contributed by atoms with Crippen molar-refractivity contribution in [2.75, 3.05) is 0 Å². The van der Waals surface area contributed by atoms with Crippen LogP contribution < -0.4 is 11.7 Å². The van der Waals surface area contributed by atoms with Crippen molar-refractivity contribution in [1.29, 1.82) is 0 Å². The number of nitrogens with zero attached hydrogens (tertiary/aromatic N) is 1. The van der Waals surface area contributed by atoms with Gasteiger partial charge in [0, 0.05) is 10.0 Å². The number of carbonyl (C=O) groups excluding carboxylic acids is 2. The lowest BCUT2D eigenvalue weighted by atomic mass is 10.1. The molecule has 0 aliphatic rings. The van der Waals surface area contributed by atoms with Crippen LogP contribution in [0.15, 0.2) is 28.7 Å². The first kappa shape index (κ1) is 10.8. The smallest absolute Gasteiger partial charge is 0.283 e. The molecule has 0 aliphatic carbocycles. The van der Waals surface area contributed by atoms with Gasteiger partial charge in [-0.15, -0.1) is 0 Å². The summed E-state index contributed by atoms with van der Waals surface area (Å²) in [5.41, 5.74) is 0.235. The number of Topliss-reactive ketones (excluding diaryl/α,β-unsaturated/α-hetero) is 1. The van der Waals surface area contributed by atoms with E-state index in [1.165, 1.54) is 6.07 Å². The van der Waals surface area contributed by atoms with E-state index in [1.54, 1.807) is 18.2 Å². The summed E-state index contributed by atoms with van der Waals surface area (Å²) in [4.78, 5) is 22.5. The molecule has 1 rings (SSSR count). The Hall–Kier alpha value is -1.24. The summed E-state index contributed by atoms with van der Waals surface area (Å²) >= 11 is 3.14. The maximum absolute atomic E-state index is 11.4. The predicted molar refractivity (Wildman–Crippen MR) is 53.7 cm³/mol. The van der Waals surface area contributed by atoms with Crippen molar-refractivity contribution in [2.24, 2.45) is 11.7 Å². The summed E-state index contributed by atoms with van der Waals surface area (Å²) in [6.07, 6.45) is 0. The molecule has 6 heteroatoms. The Morgan fingerprint density at radius 3 is 2.29 bits per heavy atom. The van der Waals surface area contributed by atoms with Crippen LogP contribution in [0.5, 0.6) is 0 Å². The molecule has 1 aromatic carbocycles. The number of rotatable bonds is 2. The van der Waals surface area contributed by atoms with Gasteiger partial charge in [-0.3, -0.25) is 9.59 Å². The molecule has 0 fully saturated rings. The lowest BCUT2D eigenvalue weighted by Crippen LogP contribution is -2.47.